The average Bonchev–Trinajstić information content (AvgIpc) is 2.39. The van der Waals surface area contributed by atoms with Crippen molar-refractivity contribution in [3.05, 3.63) is 29.3 Å². The van der Waals surface area contributed by atoms with Crippen molar-refractivity contribution in [1.29, 1.82) is 0 Å². The van der Waals surface area contributed by atoms with E-state index in [-0.39, 0.29) is 31.0 Å². The number of piperazine rings is 1. The Morgan fingerprint density at radius 3 is 2.95 bits per heavy atom. The number of rotatable bonds is 3. The second-order valence-corrected chi connectivity index (χ2v) is 5.39. The summed E-state index contributed by atoms with van der Waals surface area (Å²) in [5.74, 6) is 0.637. The van der Waals surface area contributed by atoms with Gasteiger partial charge in [-0.2, -0.15) is 0 Å². The number of carbonyl (C=O) groups excluding carboxylic acids is 1. The summed E-state index contributed by atoms with van der Waals surface area (Å²) in [4.78, 5) is 14.0. The Kier molecular flexibility index (Phi) is 6.59. The van der Waals surface area contributed by atoms with Crippen molar-refractivity contribution in [3.8, 4) is 5.75 Å². The fraction of sp³-hybridized carbons (Fsp3) is 0.500. The van der Waals surface area contributed by atoms with Crippen molar-refractivity contribution in [2.75, 3.05) is 19.7 Å². The molecule has 6 heteroatoms. The van der Waals surface area contributed by atoms with Crippen molar-refractivity contribution in [3.63, 3.8) is 0 Å². The third kappa shape index (κ3) is 4.54. The first-order valence-corrected chi connectivity index (χ1v) is 6.85. The number of benzene rings is 1. The van der Waals surface area contributed by atoms with Crippen LogP contribution in [-0.4, -0.2) is 42.6 Å². The Morgan fingerprint density at radius 1 is 1.50 bits per heavy atom. The van der Waals surface area contributed by atoms with E-state index in [0.717, 1.165) is 13.1 Å². The molecule has 1 saturated heterocycles. The lowest BCUT2D eigenvalue weighted by atomic mass is 10.1. The molecule has 1 aliphatic heterocycles. The van der Waals surface area contributed by atoms with Gasteiger partial charge in [0.1, 0.15) is 5.75 Å². The molecule has 112 valence electrons. The van der Waals surface area contributed by atoms with Crippen LogP contribution in [0.3, 0.4) is 0 Å². The van der Waals surface area contributed by atoms with E-state index in [1.165, 1.54) is 0 Å². The molecule has 1 aromatic rings. The molecule has 1 aliphatic rings. The molecule has 0 radical (unpaired) electrons. The molecule has 0 saturated carbocycles. The summed E-state index contributed by atoms with van der Waals surface area (Å²) in [6, 6.07) is 7.60. The Morgan fingerprint density at radius 2 is 2.25 bits per heavy atom. The Labute approximate surface area is 130 Å². The second-order valence-electron chi connectivity index (χ2n) is 4.95. The lowest BCUT2D eigenvalue weighted by molar-refractivity contribution is -0.136. The summed E-state index contributed by atoms with van der Waals surface area (Å²) in [5.41, 5.74) is 0. The zero-order valence-corrected chi connectivity index (χ0v) is 13.2. The molecule has 0 bridgehead atoms. The largest absolute Gasteiger partial charge is 0.484 e. The fourth-order valence-electron chi connectivity index (χ4n) is 2.15. The molecular formula is C14H20Cl2N2O2. The van der Waals surface area contributed by atoms with Crippen molar-refractivity contribution in [2.24, 2.45) is 0 Å². The predicted octanol–water partition coefficient (Wildman–Crippen LogP) is 2.35. The highest BCUT2D eigenvalue weighted by molar-refractivity contribution is 6.30. The first kappa shape index (κ1) is 17.1. The van der Waals surface area contributed by atoms with Gasteiger partial charge in [-0.05, 0) is 32.0 Å². The number of nitrogens with zero attached hydrogens (tertiary/aromatic N) is 1. The van der Waals surface area contributed by atoms with Crippen LogP contribution < -0.4 is 10.1 Å². The minimum atomic E-state index is 0. The second kappa shape index (κ2) is 7.72. The minimum Gasteiger partial charge on any atom is -0.484 e. The summed E-state index contributed by atoms with van der Waals surface area (Å²) in [6.45, 7) is 5.71. The zero-order valence-electron chi connectivity index (χ0n) is 11.6. The average molecular weight is 319 g/mol. The molecule has 4 nitrogen and oxygen atoms in total. The van der Waals surface area contributed by atoms with Gasteiger partial charge in [0.25, 0.3) is 5.91 Å². The predicted molar refractivity (Wildman–Crippen MR) is 82.8 cm³/mol. The van der Waals surface area contributed by atoms with Crippen molar-refractivity contribution >= 4 is 29.9 Å². The van der Waals surface area contributed by atoms with Crippen LogP contribution in [0.25, 0.3) is 0 Å². The monoisotopic (exact) mass is 318 g/mol. The molecule has 0 aromatic heterocycles. The number of hydrogen-bond donors (Lipinski definition) is 1. The Bertz CT molecular complexity index is 457. The van der Waals surface area contributed by atoms with Crippen molar-refractivity contribution in [2.45, 2.75) is 25.9 Å². The molecular weight excluding hydrogens is 299 g/mol. The third-order valence-electron chi connectivity index (χ3n) is 3.24. The van der Waals surface area contributed by atoms with E-state index < -0.39 is 0 Å². The molecule has 1 N–H and O–H groups in total. The molecule has 0 aliphatic carbocycles. The van der Waals surface area contributed by atoms with E-state index in [9.17, 15) is 4.79 Å². The van der Waals surface area contributed by atoms with Gasteiger partial charge < -0.3 is 15.0 Å². The summed E-state index contributed by atoms with van der Waals surface area (Å²) in [5, 5.41) is 3.95. The van der Waals surface area contributed by atoms with E-state index in [4.69, 9.17) is 16.3 Å². The molecule has 0 spiro atoms. The van der Waals surface area contributed by atoms with E-state index in [0.29, 0.717) is 16.8 Å². The molecule has 2 atom stereocenters. The summed E-state index contributed by atoms with van der Waals surface area (Å²) in [7, 11) is 0. The molecule has 2 rings (SSSR count). The minimum absolute atomic E-state index is 0. The van der Waals surface area contributed by atoms with Gasteiger partial charge in [-0.25, -0.2) is 0 Å². The van der Waals surface area contributed by atoms with Gasteiger partial charge in [0.05, 0.1) is 0 Å². The fourth-order valence-corrected chi connectivity index (χ4v) is 2.33. The Balaban J connectivity index is 0.00000200. The number of amides is 1. The van der Waals surface area contributed by atoms with Crippen LogP contribution in [0, 0.1) is 0 Å². The van der Waals surface area contributed by atoms with Crippen LogP contribution in [0.1, 0.15) is 13.8 Å². The molecule has 1 heterocycles. The van der Waals surface area contributed by atoms with Crippen LogP contribution >= 0.6 is 24.0 Å². The number of ether oxygens (including phenoxy) is 1. The van der Waals surface area contributed by atoms with Gasteiger partial charge in [-0.15, -0.1) is 12.4 Å². The topological polar surface area (TPSA) is 41.6 Å². The highest BCUT2D eigenvalue weighted by atomic mass is 35.5. The number of carbonyl (C=O) groups is 1. The number of hydrogen-bond acceptors (Lipinski definition) is 3. The number of halogens is 2. The van der Waals surface area contributed by atoms with Crippen LogP contribution in [-0.2, 0) is 4.79 Å². The summed E-state index contributed by atoms with van der Waals surface area (Å²) < 4.78 is 5.49. The Hall–Kier alpha value is -0.970. The summed E-state index contributed by atoms with van der Waals surface area (Å²) in [6.07, 6.45) is 0. The van der Waals surface area contributed by atoms with E-state index in [1.807, 2.05) is 11.8 Å². The maximum absolute atomic E-state index is 12.2. The maximum atomic E-state index is 12.2. The smallest absolute Gasteiger partial charge is 0.260 e. The SMILES string of the molecule is CC1CN(C(=O)COc2cccc(Cl)c2)C(C)CN1.Cl. The van der Waals surface area contributed by atoms with E-state index in [1.54, 1.807) is 24.3 Å². The first-order chi connectivity index (χ1) is 9.06. The van der Waals surface area contributed by atoms with Gasteiger partial charge in [-0.1, -0.05) is 17.7 Å². The van der Waals surface area contributed by atoms with Gasteiger partial charge >= 0.3 is 0 Å². The molecule has 1 aromatic carbocycles. The van der Waals surface area contributed by atoms with Crippen molar-refractivity contribution < 1.29 is 9.53 Å². The highest BCUT2D eigenvalue weighted by Crippen LogP contribution is 2.17. The van der Waals surface area contributed by atoms with Gasteiger partial charge in [0.15, 0.2) is 6.61 Å². The first-order valence-electron chi connectivity index (χ1n) is 6.47. The highest BCUT2D eigenvalue weighted by Gasteiger charge is 2.26. The zero-order chi connectivity index (χ0) is 13.8. The third-order valence-corrected chi connectivity index (χ3v) is 3.48. The standard InChI is InChI=1S/C14H19ClN2O2.ClH/c1-10-8-17(11(2)7-16-10)14(18)9-19-13-5-3-4-12(15)6-13;/h3-6,10-11,16H,7-9H2,1-2H3;1H. The normalized spacial score (nSPS) is 22.1. The molecule has 1 fully saturated rings. The van der Waals surface area contributed by atoms with E-state index in [2.05, 4.69) is 12.2 Å². The quantitative estimate of drug-likeness (QED) is 0.930. The molecule has 1 amide bonds. The van der Waals surface area contributed by atoms with Crippen LogP contribution in [0.5, 0.6) is 5.75 Å². The lowest BCUT2D eigenvalue weighted by Crippen LogP contribution is -2.57. The van der Waals surface area contributed by atoms with Crippen LogP contribution in [0.4, 0.5) is 0 Å². The van der Waals surface area contributed by atoms with Crippen molar-refractivity contribution in [1.82, 2.24) is 10.2 Å². The van der Waals surface area contributed by atoms with Crippen LogP contribution in [0.2, 0.25) is 5.02 Å². The van der Waals surface area contributed by atoms with Crippen LogP contribution in [0.15, 0.2) is 24.3 Å². The van der Waals surface area contributed by atoms with Gasteiger partial charge in [0, 0.05) is 30.2 Å². The van der Waals surface area contributed by atoms with E-state index >= 15 is 0 Å². The number of nitrogens with one attached hydrogen (secondary N) is 1. The maximum Gasteiger partial charge on any atom is 0.260 e. The molecule has 20 heavy (non-hydrogen) atoms. The lowest BCUT2D eigenvalue weighted by Gasteiger charge is -2.37. The molecule has 2 unspecified atom stereocenters. The van der Waals surface area contributed by atoms with Gasteiger partial charge in [-0.3, -0.25) is 4.79 Å². The van der Waals surface area contributed by atoms with Gasteiger partial charge in [0.2, 0.25) is 0 Å². The summed E-state index contributed by atoms with van der Waals surface area (Å²) >= 11 is 5.87.